The predicted octanol–water partition coefficient (Wildman–Crippen LogP) is 6.84. The van der Waals surface area contributed by atoms with Crippen LogP contribution in [0.2, 0.25) is 0 Å². The molecule has 45 heavy (non-hydrogen) atoms. The largest absolute Gasteiger partial charge is 0.389 e. The van der Waals surface area contributed by atoms with Gasteiger partial charge in [-0.25, -0.2) is 18.3 Å². The molecule has 0 bridgehead atoms. The van der Waals surface area contributed by atoms with Gasteiger partial charge in [-0.05, 0) is 95.5 Å². The van der Waals surface area contributed by atoms with Gasteiger partial charge in [0.1, 0.15) is 5.69 Å². The number of piperidine rings is 2. The highest BCUT2D eigenvalue weighted by Gasteiger charge is 2.39. The molecule has 1 saturated carbocycles. The Kier molecular flexibility index (Phi) is 12.5. The topological polar surface area (TPSA) is 92.4 Å². The van der Waals surface area contributed by atoms with Crippen molar-refractivity contribution in [2.75, 3.05) is 19.6 Å². The first-order valence-electron chi connectivity index (χ1n) is 16.9. The average molecular weight is 627 g/mol. The van der Waals surface area contributed by atoms with Crippen LogP contribution < -0.4 is 10.6 Å². The molecule has 248 valence electrons. The van der Waals surface area contributed by atoms with Gasteiger partial charge in [-0.15, -0.1) is 0 Å². The molecule has 2 N–H and O–H groups in total. The fourth-order valence-electron chi connectivity index (χ4n) is 6.38. The quantitative estimate of drug-likeness (QED) is 0.299. The van der Waals surface area contributed by atoms with Crippen LogP contribution in [0.1, 0.15) is 118 Å². The highest BCUT2D eigenvalue weighted by atomic mass is 19.3. The molecule has 3 aromatic rings. The van der Waals surface area contributed by atoms with Crippen LogP contribution in [-0.4, -0.2) is 60.7 Å². The van der Waals surface area contributed by atoms with Gasteiger partial charge in [0.25, 0.3) is 5.91 Å². The number of carbonyl (C=O) groups is 1. The van der Waals surface area contributed by atoms with Gasteiger partial charge in [-0.3, -0.25) is 14.4 Å². The summed E-state index contributed by atoms with van der Waals surface area (Å²) in [5.74, 6) is -3.05. The fourth-order valence-corrected chi connectivity index (χ4v) is 6.38. The number of aryl methyl sites for hydroxylation is 2. The van der Waals surface area contributed by atoms with Crippen molar-refractivity contribution in [1.82, 2.24) is 39.9 Å². The van der Waals surface area contributed by atoms with Gasteiger partial charge in [0, 0.05) is 44.4 Å². The first kappa shape index (κ1) is 34.5. The second kappa shape index (κ2) is 16.3. The Morgan fingerprint density at radius 1 is 1.16 bits per heavy atom. The third-order valence-corrected chi connectivity index (χ3v) is 8.97. The Morgan fingerprint density at radius 3 is 2.51 bits per heavy atom. The first-order chi connectivity index (χ1) is 21.7. The summed E-state index contributed by atoms with van der Waals surface area (Å²) in [5, 5.41) is 15.2. The zero-order valence-electron chi connectivity index (χ0n) is 27.6. The lowest BCUT2D eigenvalue weighted by molar-refractivity contribution is -0.0495. The van der Waals surface area contributed by atoms with Crippen LogP contribution in [-0.2, 0) is 13.1 Å². The van der Waals surface area contributed by atoms with Gasteiger partial charge in [-0.1, -0.05) is 26.8 Å². The second-order valence-electron chi connectivity index (χ2n) is 12.2. The van der Waals surface area contributed by atoms with Crippen LogP contribution in [0.15, 0.2) is 36.8 Å². The van der Waals surface area contributed by atoms with Crippen molar-refractivity contribution in [1.29, 1.82) is 0 Å². The van der Waals surface area contributed by atoms with E-state index in [0.29, 0.717) is 36.4 Å². The lowest BCUT2D eigenvalue weighted by atomic mass is 9.81. The fraction of sp³-hybridized carbons (Fsp3) is 0.647. The highest BCUT2D eigenvalue weighted by molar-refractivity contribution is 5.92. The molecule has 5 heterocycles. The molecule has 0 aromatic carbocycles. The summed E-state index contributed by atoms with van der Waals surface area (Å²) in [6, 6.07) is 3.26. The summed E-state index contributed by atoms with van der Waals surface area (Å²) < 4.78 is 31.3. The lowest BCUT2D eigenvalue weighted by Gasteiger charge is -2.33. The van der Waals surface area contributed by atoms with Crippen molar-refractivity contribution in [3.05, 3.63) is 59.4 Å². The smallest absolute Gasteiger partial charge is 0.270 e. The van der Waals surface area contributed by atoms with Crippen LogP contribution in [0.25, 0.3) is 5.65 Å². The number of hydrogen-bond acceptors (Lipinski definition) is 6. The maximum atomic E-state index is 13.9. The third-order valence-electron chi connectivity index (χ3n) is 8.97. The Hall–Kier alpha value is -3.34. The summed E-state index contributed by atoms with van der Waals surface area (Å²) in [5.41, 5.74) is 5.12. The maximum Gasteiger partial charge on any atom is 0.270 e. The Labute approximate surface area is 266 Å². The van der Waals surface area contributed by atoms with E-state index in [4.69, 9.17) is 10.1 Å². The summed E-state index contributed by atoms with van der Waals surface area (Å²) in [4.78, 5) is 20.5. The highest BCUT2D eigenvalue weighted by Crippen LogP contribution is 2.41. The van der Waals surface area contributed by atoms with Gasteiger partial charge in [0.15, 0.2) is 5.65 Å². The van der Waals surface area contributed by atoms with E-state index in [0.717, 1.165) is 37.4 Å². The van der Waals surface area contributed by atoms with Gasteiger partial charge in [-0.2, -0.15) is 10.2 Å². The maximum absolute atomic E-state index is 13.9. The van der Waals surface area contributed by atoms with E-state index < -0.39 is 12.0 Å². The molecule has 1 atom stereocenters. The van der Waals surface area contributed by atoms with E-state index in [1.165, 1.54) is 44.2 Å². The van der Waals surface area contributed by atoms with Gasteiger partial charge in [0.2, 0.25) is 5.92 Å². The summed E-state index contributed by atoms with van der Waals surface area (Å²) in [7, 11) is 0. The molecule has 2 saturated heterocycles. The van der Waals surface area contributed by atoms with Crippen molar-refractivity contribution in [2.45, 2.75) is 117 Å². The summed E-state index contributed by atoms with van der Waals surface area (Å²) in [6.07, 6.45) is 11.3. The zero-order valence-corrected chi connectivity index (χ0v) is 27.6. The van der Waals surface area contributed by atoms with E-state index in [2.05, 4.69) is 33.3 Å². The van der Waals surface area contributed by atoms with Crippen LogP contribution in [0, 0.1) is 12.8 Å². The number of nitrogens with one attached hydrogen (secondary N) is 2. The number of amides is 1. The van der Waals surface area contributed by atoms with E-state index in [-0.39, 0.29) is 24.7 Å². The number of imidazole rings is 1. The van der Waals surface area contributed by atoms with Gasteiger partial charge < -0.3 is 10.6 Å². The number of fused-ring (bicyclic) bond motifs is 1. The Balaban J connectivity index is 0.000000447. The Bertz CT molecular complexity index is 1380. The number of nitrogens with zero attached hydrogens (tertiary/aromatic N) is 6. The van der Waals surface area contributed by atoms with Crippen molar-refractivity contribution in [2.24, 2.45) is 5.92 Å². The van der Waals surface area contributed by atoms with Crippen molar-refractivity contribution in [3.63, 3.8) is 0 Å². The molecule has 3 fully saturated rings. The molecule has 1 amide bonds. The van der Waals surface area contributed by atoms with E-state index in [1.54, 1.807) is 21.5 Å². The van der Waals surface area contributed by atoms with Crippen LogP contribution in [0.5, 0.6) is 0 Å². The first-order valence-corrected chi connectivity index (χ1v) is 16.9. The van der Waals surface area contributed by atoms with E-state index >= 15 is 0 Å². The standard InChI is InChI=1S/C26H35F2N7O.C6H11N.C2H6/c1-3-34-22(9-12-29-34)25(36)31-24(19-7-10-26(27,28)11-8-19)21-17-35-23(30-21)15-20(18(2)32-35)16-33-13-5-4-6-14-33;1-6-4-2-3-5-7-6;1-2/h9,12,15,17,19,24H,3-8,10-11,13-14,16H2,1-2H3,(H,31,36);7H,1-5H2;1-2H3. The molecule has 11 heteroatoms. The monoisotopic (exact) mass is 626 g/mol. The number of halogens is 2. The zero-order chi connectivity index (χ0) is 32.4. The molecule has 2 aliphatic heterocycles. The second-order valence-corrected chi connectivity index (χ2v) is 12.2. The van der Waals surface area contributed by atoms with Crippen molar-refractivity contribution in [3.8, 4) is 0 Å². The Morgan fingerprint density at radius 2 is 1.89 bits per heavy atom. The lowest BCUT2D eigenvalue weighted by Crippen LogP contribution is -2.38. The number of hydrogen-bond donors (Lipinski definition) is 2. The van der Waals surface area contributed by atoms with Crippen molar-refractivity contribution < 1.29 is 13.6 Å². The van der Waals surface area contributed by atoms with Crippen LogP contribution in [0.4, 0.5) is 8.78 Å². The molecular weight excluding hydrogens is 574 g/mol. The molecule has 1 aliphatic carbocycles. The minimum Gasteiger partial charge on any atom is -0.389 e. The van der Waals surface area contributed by atoms with Crippen LogP contribution >= 0.6 is 0 Å². The van der Waals surface area contributed by atoms with Gasteiger partial charge >= 0.3 is 0 Å². The third kappa shape index (κ3) is 9.34. The molecule has 0 radical (unpaired) electrons. The molecule has 6 rings (SSSR count). The minimum absolute atomic E-state index is 0.134. The normalized spacial score (nSPS) is 19.5. The van der Waals surface area contributed by atoms with Crippen molar-refractivity contribution >= 4 is 11.6 Å². The average Bonchev–Trinajstić information content (AvgIpc) is 3.69. The number of carbonyl (C=O) groups excluding carboxylic acids is 1. The molecule has 0 spiro atoms. The van der Waals surface area contributed by atoms with Gasteiger partial charge in [0.05, 0.1) is 23.6 Å². The molecular formula is C34H52F2N8O. The van der Waals surface area contributed by atoms with E-state index in [9.17, 15) is 13.6 Å². The SMILES string of the molecule is C=C1CCCCN1.CC.CCn1nccc1C(=O)NC(c1cn2nc(C)c(CN3CCCCC3)cc2n1)C1CCC(F)(F)CC1. The minimum atomic E-state index is -2.65. The molecule has 1 unspecified atom stereocenters. The number of likely N-dealkylation sites (tertiary alicyclic amines) is 1. The predicted molar refractivity (Wildman–Crippen MR) is 174 cm³/mol. The number of rotatable bonds is 7. The molecule has 3 aromatic heterocycles. The number of aromatic nitrogens is 5. The number of allylic oxidation sites excluding steroid dienone is 1. The summed E-state index contributed by atoms with van der Waals surface area (Å²) in [6.45, 7) is 16.5. The molecule has 9 nitrogen and oxygen atoms in total. The van der Waals surface area contributed by atoms with Crippen LogP contribution in [0.3, 0.4) is 0 Å². The summed E-state index contributed by atoms with van der Waals surface area (Å²) >= 11 is 0. The molecule has 3 aliphatic rings. The van der Waals surface area contributed by atoms with E-state index in [1.807, 2.05) is 33.9 Å². The number of alkyl halides is 2.